The number of benzene rings is 1. The molecule has 0 saturated heterocycles. The number of carbonyl (C=O) groups excluding carboxylic acids is 1. The van der Waals surface area contributed by atoms with Crippen molar-refractivity contribution >= 4 is 16.9 Å². The molecular weight excluding hydrogens is 302 g/mol. The third-order valence-electron chi connectivity index (χ3n) is 5.14. The molecule has 124 valence electrons. The van der Waals surface area contributed by atoms with Crippen LogP contribution in [0.25, 0.3) is 11.0 Å². The molecule has 2 aromatic heterocycles. The van der Waals surface area contributed by atoms with Gasteiger partial charge in [0.25, 0.3) is 0 Å². The van der Waals surface area contributed by atoms with Gasteiger partial charge >= 0.3 is 0 Å². The molecule has 1 amide bonds. The first-order valence-corrected chi connectivity index (χ1v) is 8.44. The number of fused-ring (bicyclic) bond motifs is 2. The van der Waals surface area contributed by atoms with Crippen molar-refractivity contribution in [3.8, 4) is 0 Å². The zero-order valence-electron chi connectivity index (χ0n) is 14.0. The Morgan fingerprint density at radius 2 is 2.04 bits per heavy atom. The van der Waals surface area contributed by atoms with Gasteiger partial charge < -0.3 is 13.7 Å². The Morgan fingerprint density at radius 1 is 1.25 bits per heavy atom. The van der Waals surface area contributed by atoms with E-state index in [0.29, 0.717) is 6.42 Å². The highest BCUT2D eigenvalue weighted by Gasteiger charge is 2.22. The maximum Gasteiger partial charge on any atom is 0.227 e. The van der Waals surface area contributed by atoms with Crippen molar-refractivity contribution in [2.75, 3.05) is 7.05 Å². The summed E-state index contributed by atoms with van der Waals surface area (Å²) in [4.78, 5) is 14.4. The largest absolute Gasteiger partial charge is 0.467 e. The first-order chi connectivity index (χ1) is 11.6. The van der Waals surface area contributed by atoms with Crippen LogP contribution in [0.2, 0.25) is 0 Å². The van der Waals surface area contributed by atoms with Crippen LogP contribution in [0.3, 0.4) is 0 Å². The normalized spacial score (nSPS) is 14.8. The summed E-state index contributed by atoms with van der Waals surface area (Å²) in [6.45, 7) is 1.97. The molecule has 0 aliphatic heterocycles. The van der Waals surface area contributed by atoms with Gasteiger partial charge in [-0.3, -0.25) is 4.79 Å². The third kappa shape index (κ3) is 2.52. The van der Waals surface area contributed by atoms with Crippen LogP contribution in [0.1, 0.15) is 41.8 Å². The Morgan fingerprint density at radius 3 is 2.79 bits per heavy atom. The van der Waals surface area contributed by atoms with Crippen LogP contribution in [0.5, 0.6) is 0 Å². The predicted molar refractivity (Wildman–Crippen MR) is 91.8 cm³/mol. The van der Waals surface area contributed by atoms with Crippen LogP contribution in [0, 0.1) is 0 Å². The summed E-state index contributed by atoms with van der Waals surface area (Å²) < 4.78 is 11.1. The van der Waals surface area contributed by atoms with Crippen molar-refractivity contribution in [3.05, 3.63) is 59.2 Å². The Balaban J connectivity index is 1.56. The summed E-state index contributed by atoms with van der Waals surface area (Å²) >= 11 is 0. The van der Waals surface area contributed by atoms with Crippen molar-refractivity contribution in [3.63, 3.8) is 0 Å². The second kappa shape index (κ2) is 5.86. The standard InChI is InChI=1S/C20H21NO3/c1-13(18-7-4-8-23-18)21(2)20(22)11-16-12-24-19-10-15-6-3-5-14(15)9-17(16)19/h4,7-10,12-13H,3,5-6,11H2,1-2H3. The van der Waals surface area contributed by atoms with E-state index < -0.39 is 0 Å². The summed E-state index contributed by atoms with van der Waals surface area (Å²) in [5, 5.41) is 1.07. The molecule has 4 rings (SSSR count). The van der Waals surface area contributed by atoms with Crippen molar-refractivity contribution in [2.24, 2.45) is 0 Å². The number of amides is 1. The maximum atomic E-state index is 12.7. The lowest BCUT2D eigenvalue weighted by Crippen LogP contribution is -2.30. The highest BCUT2D eigenvalue weighted by atomic mass is 16.3. The van der Waals surface area contributed by atoms with Crippen molar-refractivity contribution in [1.82, 2.24) is 4.90 Å². The van der Waals surface area contributed by atoms with E-state index >= 15 is 0 Å². The lowest BCUT2D eigenvalue weighted by atomic mass is 10.0. The van der Waals surface area contributed by atoms with Gasteiger partial charge in [-0.05, 0) is 61.6 Å². The minimum Gasteiger partial charge on any atom is -0.467 e. The first-order valence-electron chi connectivity index (χ1n) is 8.44. The van der Waals surface area contributed by atoms with Crippen molar-refractivity contribution < 1.29 is 13.6 Å². The number of hydrogen-bond donors (Lipinski definition) is 0. The molecule has 0 saturated carbocycles. The van der Waals surface area contributed by atoms with E-state index in [1.54, 1.807) is 17.4 Å². The first kappa shape index (κ1) is 15.1. The second-order valence-electron chi connectivity index (χ2n) is 6.60. The third-order valence-corrected chi connectivity index (χ3v) is 5.14. The Hall–Kier alpha value is -2.49. The van der Waals surface area contributed by atoms with Crippen molar-refractivity contribution in [2.45, 2.75) is 38.6 Å². The van der Waals surface area contributed by atoms with E-state index in [9.17, 15) is 4.79 Å². The molecule has 0 fully saturated rings. The van der Waals surface area contributed by atoms with Gasteiger partial charge in [0.2, 0.25) is 5.91 Å². The van der Waals surface area contributed by atoms with E-state index in [2.05, 4.69) is 12.1 Å². The lowest BCUT2D eigenvalue weighted by molar-refractivity contribution is -0.131. The molecule has 1 aliphatic carbocycles. The van der Waals surface area contributed by atoms with E-state index in [1.165, 1.54) is 17.5 Å². The van der Waals surface area contributed by atoms with Crippen molar-refractivity contribution in [1.29, 1.82) is 0 Å². The molecule has 24 heavy (non-hydrogen) atoms. The quantitative estimate of drug-likeness (QED) is 0.720. The lowest BCUT2D eigenvalue weighted by Gasteiger charge is -2.23. The number of nitrogens with zero attached hydrogens (tertiary/aromatic N) is 1. The average molecular weight is 323 g/mol. The van der Waals surface area contributed by atoms with Crippen LogP contribution in [-0.4, -0.2) is 17.9 Å². The number of furan rings is 2. The molecule has 0 N–H and O–H groups in total. The molecule has 0 radical (unpaired) electrons. The minimum atomic E-state index is -0.0880. The van der Waals surface area contributed by atoms with Gasteiger partial charge in [-0.2, -0.15) is 0 Å². The summed E-state index contributed by atoms with van der Waals surface area (Å²) in [6.07, 6.45) is 7.16. The molecule has 0 bridgehead atoms. The van der Waals surface area contributed by atoms with Gasteiger partial charge in [0.05, 0.1) is 25.0 Å². The van der Waals surface area contributed by atoms with Gasteiger partial charge in [0, 0.05) is 18.0 Å². The average Bonchev–Trinajstić information content (AvgIpc) is 3.32. The van der Waals surface area contributed by atoms with Crippen LogP contribution >= 0.6 is 0 Å². The number of rotatable bonds is 4. The number of aryl methyl sites for hydroxylation is 2. The van der Waals surface area contributed by atoms with E-state index in [1.807, 2.05) is 26.1 Å². The summed E-state index contributed by atoms with van der Waals surface area (Å²) in [5.74, 6) is 0.850. The fourth-order valence-electron chi connectivity index (χ4n) is 3.51. The summed E-state index contributed by atoms with van der Waals surface area (Å²) in [6, 6.07) is 8.00. The SMILES string of the molecule is CC(c1ccco1)N(C)C(=O)Cc1coc2cc3c(cc12)CCC3. The predicted octanol–water partition coefficient (Wildman–Crippen LogP) is 4.28. The van der Waals surface area contributed by atoms with Gasteiger partial charge in [-0.25, -0.2) is 0 Å². The summed E-state index contributed by atoms with van der Waals surface area (Å²) in [7, 11) is 1.81. The minimum absolute atomic E-state index is 0.0575. The topological polar surface area (TPSA) is 46.6 Å². The Bertz CT molecular complexity index is 876. The molecule has 1 aromatic carbocycles. The fourth-order valence-corrected chi connectivity index (χ4v) is 3.51. The fraction of sp³-hybridized carbons (Fsp3) is 0.350. The van der Waals surface area contributed by atoms with Crippen LogP contribution < -0.4 is 0 Å². The van der Waals surface area contributed by atoms with E-state index in [0.717, 1.165) is 35.1 Å². The van der Waals surface area contributed by atoms with Gasteiger partial charge in [-0.1, -0.05) is 0 Å². The van der Waals surface area contributed by atoms with Gasteiger partial charge in [0.15, 0.2) is 0 Å². The Labute approximate surface area is 141 Å². The molecule has 4 nitrogen and oxygen atoms in total. The second-order valence-corrected chi connectivity index (χ2v) is 6.60. The summed E-state index contributed by atoms with van der Waals surface area (Å²) in [5.41, 5.74) is 4.64. The smallest absolute Gasteiger partial charge is 0.227 e. The number of carbonyl (C=O) groups is 1. The zero-order chi connectivity index (χ0) is 16.7. The Kier molecular flexibility index (Phi) is 3.68. The molecule has 3 aromatic rings. The molecular formula is C20H21NO3. The number of likely N-dealkylation sites (N-methyl/N-ethyl adjacent to an activating group) is 1. The molecule has 1 atom stereocenters. The number of hydrogen-bond acceptors (Lipinski definition) is 3. The highest BCUT2D eigenvalue weighted by molar-refractivity contribution is 5.88. The van der Waals surface area contributed by atoms with Crippen LogP contribution in [0.15, 0.2) is 45.6 Å². The van der Waals surface area contributed by atoms with Crippen LogP contribution in [0.4, 0.5) is 0 Å². The zero-order valence-corrected chi connectivity index (χ0v) is 14.0. The molecule has 1 aliphatic rings. The maximum absolute atomic E-state index is 12.7. The van der Waals surface area contributed by atoms with E-state index in [-0.39, 0.29) is 11.9 Å². The molecule has 1 unspecified atom stereocenters. The molecule has 2 heterocycles. The van der Waals surface area contributed by atoms with E-state index in [4.69, 9.17) is 8.83 Å². The van der Waals surface area contributed by atoms with Crippen LogP contribution in [-0.2, 0) is 24.1 Å². The highest BCUT2D eigenvalue weighted by Crippen LogP contribution is 2.31. The van der Waals surface area contributed by atoms with Gasteiger partial charge in [0.1, 0.15) is 11.3 Å². The molecule has 0 spiro atoms. The molecule has 4 heteroatoms. The van der Waals surface area contributed by atoms with Gasteiger partial charge in [-0.15, -0.1) is 0 Å². The monoisotopic (exact) mass is 323 g/mol.